The van der Waals surface area contributed by atoms with E-state index in [2.05, 4.69) is 0 Å². The van der Waals surface area contributed by atoms with Crippen LogP contribution in [0.2, 0.25) is 0 Å². The molecule has 1 N–H and O–H groups in total. The highest BCUT2D eigenvalue weighted by Gasteiger charge is 2.39. The molecule has 1 unspecified atom stereocenters. The third kappa shape index (κ3) is 5.49. The SMILES string of the molecule is COc1ccc(F)c([C@]2(OC)CC[C@@H](COc3cccc(C(CC(=O)O)C4CC4)c3)CC2)c1. The van der Waals surface area contributed by atoms with Gasteiger partial charge in [0.15, 0.2) is 0 Å². The molecule has 0 heterocycles. The summed E-state index contributed by atoms with van der Waals surface area (Å²) >= 11 is 0. The Kier molecular flexibility index (Phi) is 7.23. The molecule has 4 rings (SSSR count). The second-order valence-electron chi connectivity index (χ2n) is 9.41. The summed E-state index contributed by atoms with van der Waals surface area (Å²) in [7, 11) is 3.23. The Balaban J connectivity index is 1.37. The van der Waals surface area contributed by atoms with E-state index in [4.69, 9.17) is 14.2 Å². The van der Waals surface area contributed by atoms with Crippen LogP contribution in [0.25, 0.3) is 0 Å². The standard InChI is InChI=1S/C27H33FO5/c1-31-21-8-9-25(28)24(15-21)27(32-2)12-10-18(11-13-27)17-33-22-5-3-4-20(14-22)23(16-26(29)30)19-6-7-19/h3-5,8-9,14-15,18-19,23H,6-7,10-13,16-17H2,1-2H3,(H,29,30)/t18-,23?,27+. The number of hydrogen-bond acceptors (Lipinski definition) is 4. The fraction of sp³-hybridized carbons (Fsp3) is 0.519. The van der Waals surface area contributed by atoms with Gasteiger partial charge in [-0.3, -0.25) is 4.79 Å². The van der Waals surface area contributed by atoms with Gasteiger partial charge in [-0.25, -0.2) is 4.39 Å². The molecule has 2 fully saturated rings. The Hall–Kier alpha value is -2.60. The molecule has 0 radical (unpaired) electrons. The molecular weight excluding hydrogens is 423 g/mol. The van der Waals surface area contributed by atoms with E-state index in [1.165, 1.54) is 6.07 Å². The smallest absolute Gasteiger partial charge is 0.303 e. The van der Waals surface area contributed by atoms with Crippen LogP contribution in [0.3, 0.4) is 0 Å². The minimum absolute atomic E-state index is 0.0563. The Bertz CT molecular complexity index is 963. The number of carboxylic acids is 1. The Labute approximate surface area is 194 Å². The van der Waals surface area contributed by atoms with Crippen LogP contribution >= 0.6 is 0 Å². The number of carboxylic acid groups (broad SMARTS) is 1. The van der Waals surface area contributed by atoms with Crippen LogP contribution in [-0.2, 0) is 15.1 Å². The van der Waals surface area contributed by atoms with Gasteiger partial charge in [-0.1, -0.05) is 12.1 Å². The molecular formula is C27H33FO5. The van der Waals surface area contributed by atoms with Crippen molar-refractivity contribution in [1.29, 1.82) is 0 Å². The van der Waals surface area contributed by atoms with Crippen LogP contribution in [0.15, 0.2) is 42.5 Å². The predicted octanol–water partition coefficient (Wildman–Crippen LogP) is 5.91. The molecule has 5 nitrogen and oxygen atoms in total. The maximum absolute atomic E-state index is 14.6. The maximum atomic E-state index is 14.6. The Morgan fingerprint density at radius 3 is 2.48 bits per heavy atom. The van der Waals surface area contributed by atoms with Crippen molar-refractivity contribution in [2.45, 2.75) is 56.5 Å². The average Bonchev–Trinajstić information content (AvgIpc) is 3.67. The number of ether oxygens (including phenoxy) is 3. The van der Waals surface area contributed by atoms with Crippen molar-refractivity contribution in [2.75, 3.05) is 20.8 Å². The van der Waals surface area contributed by atoms with Crippen LogP contribution in [0, 0.1) is 17.7 Å². The summed E-state index contributed by atoms with van der Waals surface area (Å²) in [5, 5.41) is 9.28. The molecule has 2 aliphatic rings. The number of benzene rings is 2. The first kappa shape index (κ1) is 23.6. The monoisotopic (exact) mass is 456 g/mol. The zero-order valence-electron chi connectivity index (χ0n) is 19.4. The summed E-state index contributed by atoms with van der Waals surface area (Å²) in [4.78, 5) is 11.3. The third-order valence-electron chi connectivity index (χ3n) is 7.33. The highest BCUT2D eigenvalue weighted by molar-refractivity contribution is 5.68. The van der Waals surface area contributed by atoms with Gasteiger partial charge in [0, 0.05) is 12.7 Å². The second-order valence-corrected chi connectivity index (χ2v) is 9.41. The van der Waals surface area contributed by atoms with Gasteiger partial charge < -0.3 is 19.3 Å². The molecule has 0 spiro atoms. The van der Waals surface area contributed by atoms with E-state index in [0.29, 0.717) is 42.6 Å². The van der Waals surface area contributed by atoms with E-state index in [0.717, 1.165) is 37.0 Å². The summed E-state index contributed by atoms with van der Waals surface area (Å²) < 4.78 is 31.9. The van der Waals surface area contributed by atoms with Gasteiger partial charge in [-0.05, 0) is 92.2 Å². The van der Waals surface area contributed by atoms with E-state index in [1.807, 2.05) is 24.3 Å². The molecule has 0 amide bonds. The van der Waals surface area contributed by atoms with E-state index in [-0.39, 0.29) is 18.2 Å². The summed E-state index contributed by atoms with van der Waals surface area (Å²) in [5.41, 5.74) is 0.956. The Morgan fingerprint density at radius 1 is 1.09 bits per heavy atom. The van der Waals surface area contributed by atoms with E-state index >= 15 is 0 Å². The molecule has 33 heavy (non-hydrogen) atoms. The molecule has 0 aliphatic heterocycles. The first-order valence-electron chi connectivity index (χ1n) is 11.8. The fourth-order valence-electron chi connectivity index (χ4n) is 5.17. The zero-order chi connectivity index (χ0) is 23.4. The van der Waals surface area contributed by atoms with Gasteiger partial charge in [0.05, 0.1) is 25.7 Å². The lowest BCUT2D eigenvalue weighted by atomic mass is 9.75. The number of carbonyl (C=O) groups is 1. The lowest BCUT2D eigenvalue weighted by molar-refractivity contribution is -0.137. The van der Waals surface area contributed by atoms with Gasteiger partial charge in [-0.15, -0.1) is 0 Å². The number of methoxy groups -OCH3 is 2. The summed E-state index contributed by atoms with van der Waals surface area (Å²) in [6, 6.07) is 12.7. The molecule has 2 aromatic rings. The molecule has 178 valence electrons. The van der Waals surface area contributed by atoms with Crippen LogP contribution in [-0.4, -0.2) is 31.9 Å². The first-order valence-corrected chi connectivity index (χ1v) is 11.8. The summed E-state index contributed by atoms with van der Waals surface area (Å²) in [6.07, 6.45) is 5.52. The van der Waals surface area contributed by atoms with Gasteiger partial charge in [0.2, 0.25) is 0 Å². The van der Waals surface area contributed by atoms with Crippen LogP contribution in [0.5, 0.6) is 11.5 Å². The van der Waals surface area contributed by atoms with Crippen LogP contribution in [0.4, 0.5) is 4.39 Å². The van der Waals surface area contributed by atoms with Crippen molar-refractivity contribution >= 4 is 5.97 Å². The van der Waals surface area contributed by atoms with Gasteiger partial charge >= 0.3 is 5.97 Å². The zero-order valence-corrected chi connectivity index (χ0v) is 19.4. The van der Waals surface area contributed by atoms with Gasteiger partial charge in [-0.2, -0.15) is 0 Å². The quantitative estimate of drug-likeness (QED) is 0.481. The minimum Gasteiger partial charge on any atom is -0.497 e. The largest absolute Gasteiger partial charge is 0.497 e. The second kappa shape index (κ2) is 10.1. The molecule has 0 bridgehead atoms. The highest BCUT2D eigenvalue weighted by Crippen LogP contribution is 2.46. The molecule has 2 saturated carbocycles. The number of aliphatic carboxylic acids is 1. The van der Waals surface area contributed by atoms with Crippen molar-refractivity contribution in [1.82, 2.24) is 0 Å². The maximum Gasteiger partial charge on any atom is 0.303 e. The van der Waals surface area contributed by atoms with E-state index in [9.17, 15) is 14.3 Å². The predicted molar refractivity (Wildman–Crippen MR) is 123 cm³/mol. The van der Waals surface area contributed by atoms with Gasteiger partial charge in [0.25, 0.3) is 0 Å². The lowest BCUT2D eigenvalue weighted by Crippen LogP contribution is -2.36. The molecule has 2 aliphatic carbocycles. The van der Waals surface area contributed by atoms with E-state index in [1.54, 1.807) is 26.4 Å². The third-order valence-corrected chi connectivity index (χ3v) is 7.33. The number of rotatable bonds is 10. The van der Waals surface area contributed by atoms with Crippen molar-refractivity contribution in [3.8, 4) is 11.5 Å². The van der Waals surface area contributed by atoms with Crippen molar-refractivity contribution < 1.29 is 28.5 Å². The Morgan fingerprint density at radius 2 is 1.85 bits per heavy atom. The molecule has 2 aromatic carbocycles. The topological polar surface area (TPSA) is 65.0 Å². The normalized spacial score (nSPS) is 23.7. The lowest BCUT2D eigenvalue weighted by Gasteiger charge is -2.39. The highest BCUT2D eigenvalue weighted by atomic mass is 19.1. The van der Waals surface area contributed by atoms with Gasteiger partial charge in [0.1, 0.15) is 17.3 Å². The van der Waals surface area contributed by atoms with Crippen LogP contribution < -0.4 is 9.47 Å². The number of hydrogen-bond donors (Lipinski definition) is 1. The minimum atomic E-state index is -0.755. The number of halogens is 1. The average molecular weight is 457 g/mol. The molecule has 1 atom stereocenters. The first-order chi connectivity index (χ1) is 15.9. The summed E-state index contributed by atoms with van der Waals surface area (Å²) in [6.45, 7) is 0.580. The fourth-order valence-corrected chi connectivity index (χ4v) is 5.17. The van der Waals surface area contributed by atoms with Crippen molar-refractivity contribution in [2.24, 2.45) is 11.8 Å². The van der Waals surface area contributed by atoms with Crippen molar-refractivity contribution in [3.63, 3.8) is 0 Å². The summed E-state index contributed by atoms with van der Waals surface area (Å²) in [5.74, 6) is 1.26. The van der Waals surface area contributed by atoms with Crippen LogP contribution in [0.1, 0.15) is 62.0 Å². The van der Waals surface area contributed by atoms with E-state index < -0.39 is 11.6 Å². The molecule has 0 aromatic heterocycles. The van der Waals surface area contributed by atoms with Crippen molar-refractivity contribution in [3.05, 3.63) is 59.4 Å². The molecule has 0 saturated heterocycles. The molecule has 6 heteroatoms.